The molecule has 0 aromatic heterocycles. The molecule has 0 amide bonds. The molecule has 1 aromatic rings. The SMILES string of the molecule is Cc1cc(Cl)cc(C)c1CN1CCC(N(C)CC(=O)O)CC1. The predicted molar refractivity (Wildman–Crippen MR) is 89.5 cm³/mol. The van der Waals surface area contributed by atoms with E-state index in [2.05, 4.69) is 18.7 Å². The first-order valence-corrected chi connectivity index (χ1v) is 8.14. The summed E-state index contributed by atoms with van der Waals surface area (Å²) in [5.74, 6) is -0.752. The molecule has 1 saturated heterocycles. The minimum Gasteiger partial charge on any atom is -0.480 e. The monoisotopic (exact) mass is 324 g/mol. The number of likely N-dealkylation sites (N-methyl/N-ethyl adjacent to an activating group) is 1. The van der Waals surface area contributed by atoms with Crippen LogP contribution in [0.3, 0.4) is 0 Å². The average Bonchev–Trinajstić information content (AvgIpc) is 2.42. The zero-order valence-corrected chi connectivity index (χ0v) is 14.4. The van der Waals surface area contributed by atoms with Gasteiger partial charge < -0.3 is 5.11 Å². The predicted octanol–water partition coefficient (Wildman–Crippen LogP) is 2.94. The highest BCUT2D eigenvalue weighted by atomic mass is 35.5. The van der Waals surface area contributed by atoms with Crippen LogP contribution in [0.1, 0.15) is 29.5 Å². The van der Waals surface area contributed by atoms with E-state index in [1.54, 1.807) is 0 Å². The van der Waals surface area contributed by atoms with Crippen molar-refractivity contribution in [1.29, 1.82) is 0 Å². The van der Waals surface area contributed by atoms with E-state index in [-0.39, 0.29) is 6.54 Å². The van der Waals surface area contributed by atoms with Crippen LogP contribution in [-0.4, -0.2) is 53.6 Å². The van der Waals surface area contributed by atoms with Gasteiger partial charge in [-0.25, -0.2) is 0 Å². The molecule has 2 rings (SSSR count). The molecule has 4 nitrogen and oxygen atoms in total. The van der Waals surface area contributed by atoms with Gasteiger partial charge in [-0.05, 0) is 75.6 Å². The van der Waals surface area contributed by atoms with Gasteiger partial charge >= 0.3 is 5.97 Å². The summed E-state index contributed by atoms with van der Waals surface area (Å²) in [5, 5.41) is 9.68. The van der Waals surface area contributed by atoms with Gasteiger partial charge in [-0.15, -0.1) is 0 Å². The van der Waals surface area contributed by atoms with Gasteiger partial charge in [0.15, 0.2) is 0 Å². The number of piperidine rings is 1. The molecule has 122 valence electrons. The number of benzene rings is 1. The van der Waals surface area contributed by atoms with Crippen molar-refractivity contribution < 1.29 is 9.90 Å². The van der Waals surface area contributed by atoms with E-state index >= 15 is 0 Å². The third-order valence-electron chi connectivity index (χ3n) is 4.61. The van der Waals surface area contributed by atoms with Crippen LogP contribution >= 0.6 is 11.6 Å². The number of carbonyl (C=O) groups is 1. The fourth-order valence-electron chi connectivity index (χ4n) is 3.27. The van der Waals surface area contributed by atoms with E-state index in [0.29, 0.717) is 6.04 Å². The third kappa shape index (κ3) is 4.45. The highest BCUT2D eigenvalue weighted by Gasteiger charge is 2.24. The maximum absolute atomic E-state index is 10.8. The van der Waals surface area contributed by atoms with Crippen molar-refractivity contribution in [2.45, 2.75) is 39.3 Å². The molecule has 1 N–H and O–H groups in total. The molecule has 0 spiro atoms. The second-order valence-electron chi connectivity index (χ2n) is 6.33. The summed E-state index contributed by atoms with van der Waals surface area (Å²) in [6, 6.07) is 4.42. The summed E-state index contributed by atoms with van der Waals surface area (Å²) in [4.78, 5) is 15.2. The average molecular weight is 325 g/mol. The van der Waals surface area contributed by atoms with Gasteiger partial charge in [-0.1, -0.05) is 11.6 Å². The molecule has 0 atom stereocenters. The Hall–Kier alpha value is -1.10. The maximum Gasteiger partial charge on any atom is 0.317 e. The van der Waals surface area contributed by atoms with E-state index in [0.717, 1.165) is 37.5 Å². The highest BCUT2D eigenvalue weighted by Crippen LogP contribution is 2.24. The van der Waals surface area contributed by atoms with Crippen molar-refractivity contribution in [1.82, 2.24) is 9.80 Å². The summed E-state index contributed by atoms with van der Waals surface area (Å²) < 4.78 is 0. The smallest absolute Gasteiger partial charge is 0.317 e. The standard InChI is InChI=1S/C17H25ClN2O2/c1-12-8-14(18)9-13(2)16(12)10-20-6-4-15(5-7-20)19(3)11-17(21)22/h8-9,15H,4-7,10-11H2,1-3H3,(H,21,22). The molecular formula is C17H25ClN2O2. The summed E-state index contributed by atoms with van der Waals surface area (Å²) in [5.41, 5.74) is 3.85. The van der Waals surface area contributed by atoms with Gasteiger partial charge in [-0.3, -0.25) is 14.6 Å². The van der Waals surface area contributed by atoms with Gasteiger partial charge in [0.25, 0.3) is 0 Å². The number of hydrogen-bond acceptors (Lipinski definition) is 3. The van der Waals surface area contributed by atoms with Crippen molar-refractivity contribution >= 4 is 17.6 Å². The van der Waals surface area contributed by atoms with Gasteiger partial charge in [0.2, 0.25) is 0 Å². The van der Waals surface area contributed by atoms with Crippen LogP contribution in [0.5, 0.6) is 0 Å². The molecular weight excluding hydrogens is 300 g/mol. The van der Waals surface area contributed by atoms with Crippen molar-refractivity contribution in [3.8, 4) is 0 Å². The lowest BCUT2D eigenvalue weighted by Gasteiger charge is -2.36. The maximum atomic E-state index is 10.8. The zero-order valence-electron chi connectivity index (χ0n) is 13.6. The van der Waals surface area contributed by atoms with Crippen molar-refractivity contribution in [2.75, 3.05) is 26.7 Å². The van der Waals surface area contributed by atoms with Gasteiger partial charge in [0.1, 0.15) is 0 Å². The molecule has 5 heteroatoms. The first-order chi connectivity index (χ1) is 10.4. The Morgan fingerprint density at radius 1 is 1.32 bits per heavy atom. The number of halogens is 1. The Kier molecular flexibility index (Phi) is 5.84. The van der Waals surface area contributed by atoms with Crippen molar-refractivity contribution in [3.63, 3.8) is 0 Å². The Morgan fingerprint density at radius 3 is 2.36 bits per heavy atom. The number of carboxylic acids is 1. The Labute approximate surface area is 137 Å². The molecule has 1 fully saturated rings. The molecule has 0 unspecified atom stereocenters. The van der Waals surface area contributed by atoms with Crippen molar-refractivity contribution in [3.05, 3.63) is 33.8 Å². The largest absolute Gasteiger partial charge is 0.480 e. The second-order valence-corrected chi connectivity index (χ2v) is 6.77. The van der Waals surface area contributed by atoms with Crippen LogP contribution in [0.2, 0.25) is 5.02 Å². The van der Waals surface area contributed by atoms with E-state index in [1.165, 1.54) is 16.7 Å². The quantitative estimate of drug-likeness (QED) is 0.904. The Morgan fingerprint density at radius 2 is 1.86 bits per heavy atom. The second kappa shape index (κ2) is 7.44. The van der Waals surface area contributed by atoms with Gasteiger partial charge in [0, 0.05) is 17.6 Å². The number of rotatable bonds is 5. The Balaban J connectivity index is 1.92. The molecule has 0 radical (unpaired) electrons. The summed E-state index contributed by atoms with van der Waals surface area (Å²) >= 11 is 6.09. The molecule has 1 aliphatic rings. The highest BCUT2D eigenvalue weighted by molar-refractivity contribution is 6.30. The number of aliphatic carboxylic acids is 1. The summed E-state index contributed by atoms with van der Waals surface area (Å²) in [6.07, 6.45) is 2.05. The van der Waals surface area contributed by atoms with E-state index in [9.17, 15) is 4.79 Å². The third-order valence-corrected chi connectivity index (χ3v) is 4.83. The lowest BCUT2D eigenvalue weighted by molar-refractivity contribution is -0.138. The fourth-order valence-corrected chi connectivity index (χ4v) is 3.60. The van der Waals surface area contributed by atoms with Crippen LogP contribution in [0.4, 0.5) is 0 Å². The molecule has 1 heterocycles. The van der Waals surface area contributed by atoms with E-state index in [1.807, 2.05) is 24.1 Å². The first-order valence-electron chi connectivity index (χ1n) is 7.77. The summed E-state index contributed by atoms with van der Waals surface area (Å²) in [6.45, 7) is 7.32. The first kappa shape index (κ1) is 17.3. The topological polar surface area (TPSA) is 43.8 Å². The molecule has 0 bridgehead atoms. The molecule has 22 heavy (non-hydrogen) atoms. The minimum absolute atomic E-state index is 0.125. The van der Waals surface area contributed by atoms with E-state index < -0.39 is 5.97 Å². The number of aryl methyl sites for hydroxylation is 2. The van der Waals surface area contributed by atoms with Crippen LogP contribution < -0.4 is 0 Å². The number of nitrogens with zero attached hydrogens (tertiary/aromatic N) is 2. The minimum atomic E-state index is -0.752. The number of hydrogen-bond donors (Lipinski definition) is 1. The van der Waals surface area contributed by atoms with Crippen LogP contribution in [0, 0.1) is 13.8 Å². The lowest BCUT2D eigenvalue weighted by Crippen LogP contribution is -2.44. The Bertz CT molecular complexity index is 516. The molecule has 0 saturated carbocycles. The number of likely N-dealkylation sites (tertiary alicyclic amines) is 1. The molecule has 0 aliphatic carbocycles. The van der Waals surface area contributed by atoms with Gasteiger partial charge in [0.05, 0.1) is 6.54 Å². The van der Waals surface area contributed by atoms with Gasteiger partial charge in [-0.2, -0.15) is 0 Å². The van der Waals surface area contributed by atoms with Crippen molar-refractivity contribution in [2.24, 2.45) is 0 Å². The normalized spacial score (nSPS) is 17.1. The molecule has 1 aliphatic heterocycles. The lowest BCUT2D eigenvalue weighted by atomic mass is 9.99. The van der Waals surface area contributed by atoms with Crippen LogP contribution in [0.15, 0.2) is 12.1 Å². The zero-order chi connectivity index (χ0) is 16.3. The van der Waals surface area contributed by atoms with Crippen LogP contribution in [0.25, 0.3) is 0 Å². The van der Waals surface area contributed by atoms with Crippen LogP contribution in [-0.2, 0) is 11.3 Å². The summed E-state index contributed by atoms with van der Waals surface area (Å²) in [7, 11) is 1.90. The van der Waals surface area contributed by atoms with E-state index in [4.69, 9.17) is 16.7 Å². The number of carboxylic acid groups (broad SMARTS) is 1. The fraction of sp³-hybridized carbons (Fsp3) is 0.588. The molecule has 1 aromatic carbocycles.